The van der Waals surface area contributed by atoms with Gasteiger partial charge in [0.05, 0.1) is 6.54 Å². The molecule has 1 aliphatic rings. The molecular formula is C12H20ClN3O2. The molecule has 1 saturated heterocycles. The highest BCUT2D eigenvalue weighted by molar-refractivity contribution is 5.85. The molecule has 1 aromatic heterocycles. The minimum absolute atomic E-state index is 0. The van der Waals surface area contributed by atoms with E-state index in [1.165, 1.54) is 12.7 Å². The lowest BCUT2D eigenvalue weighted by Gasteiger charge is -2.16. The van der Waals surface area contributed by atoms with Crippen molar-refractivity contribution in [2.75, 3.05) is 20.1 Å². The van der Waals surface area contributed by atoms with Gasteiger partial charge in [-0.1, -0.05) is 5.16 Å². The van der Waals surface area contributed by atoms with Gasteiger partial charge in [0, 0.05) is 19.5 Å². The number of rotatable bonds is 5. The lowest BCUT2D eigenvalue weighted by atomic mass is 10.0. The summed E-state index contributed by atoms with van der Waals surface area (Å²) in [7, 11) is 1.81. The molecule has 0 aliphatic carbocycles. The molecule has 1 N–H and O–H groups in total. The Hall–Kier alpha value is -1.07. The van der Waals surface area contributed by atoms with E-state index < -0.39 is 0 Å². The standard InChI is InChI=1S/C12H19N3O2.ClH/c1-15(9-11-5-7-17-14-11)12(16)3-2-10-4-6-13-8-10;/h5,7,10,13H,2-4,6,8-9H2,1H3;1H. The van der Waals surface area contributed by atoms with Crippen LogP contribution in [0.25, 0.3) is 0 Å². The fourth-order valence-corrected chi connectivity index (χ4v) is 2.13. The topological polar surface area (TPSA) is 58.4 Å². The molecule has 1 fully saturated rings. The summed E-state index contributed by atoms with van der Waals surface area (Å²) in [5.41, 5.74) is 0.795. The Balaban J connectivity index is 0.00000162. The van der Waals surface area contributed by atoms with Crippen molar-refractivity contribution in [1.29, 1.82) is 0 Å². The molecule has 0 bridgehead atoms. The molecule has 0 saturated carbocycles. The summed E-state index contributed by atoms with van der Waals surface area (Å²) in [6.07, 6.45) is 4.33. The number of hydrogen-bond donors (Lipinski definition) is 1. The average Bonchev–Trinajstić information content (AvgIpc) is 2.98. The first-order valence-electron chi connectivity index (χ1n) is 6.09. The molecule has 1 unspecified atom stereocenters. The smallest absolute Gasteiger partial charge is 0.222 e. The largest absolute Gasteiger partial charge is 0.364 e. The first-order chi connectivity index (χ1) is 8.25. The second kappa shape index (κ2) is 7.38. The van der Waals surface area contributed by atoms with E-state index in [0.29, 0.717) is 18.9 Å². The number of nitrogens with one attached hydrogen (secondary N) is 1. The molecule has 0 spiro atoms. The minimum Gasteiger partial charge on any atom is -0.364 e. The van der Waals surface area contributed by atoms with Crippen molar-refractivity contribution in [1.82, 2.24) is 15.4 Å². The number of aromatic nitrogens is 1. The van der Waals surface area contributed by atoms with Gasteiger partial charge < -0.3 is 14.7 Å². The van der Waals surface area contributed by atoms with Gasteiger partial charge in [-0.2, -0.15) is 0 Å². The molecule has 1 atom stereocenters. The Morgan fingerprint density at radius 1 is 1.67 bits per heavy atom. The SMILES string of the molecule is CN(Cc1ccon1)C(=O)CCC1CCNC1.Cl. The van der Waals surface area contributed by atoms with E-state index in [0.717, 1.165) is 25.2 Å². The average molecular weight is 274 g/mol. The van der Waals surface area contributed by atoms with Gasteiger partial charge in [-0.3, -0.25) is 4.79 Å². The van der Waals surface area contributed by atoms with Crippen molar-refractivity contribution < 1.29 is 9.32 Å². The molecule has 0 radical (unpaired) electrons. The van der Waals surface area contributed by atoms with Crippen LogP contribution < -0.4 is 5.32 Å². The third kappa shape index (κ3) is 4.31. The Morgan fingerprint density at radius 2 is 2.50 bits per heavy atom. The van der Waals surface area contributed by atoms with Gasteiger partial charge in [-0.15, -0.1) is 12.4 Å². The molecule has 2 heterocycles. The Labute approximate surface area is 113 Å². The second-order valence-corrected chi connectivity index (χ2v) is 4.64. The summed E-state index contributed by atoms with van der Waals surface area (Å²) >= 11 is 0. The van der Waals surface area contributed by atoms with Crippen LogP contribution in [0.1, 0.15) is 25.0 Å². The maximum absolute atomic E-state index is 11.9. The van der Waals surface area contributed by atoms with E-state index >= 15 is 0 Å². The summed E-state index contributed by atoms with van der Waals surface area (Å²) in [6, 6.07) is 1.78. The number of hydrogen-bond acceptors (Lipinski definition) is 4. The van der Waals surface area contributed by atoms with Gasteiger partial charge in [0.25, 0.3) is 0 Å². The molecule has 5 nitrogen and oxygen atoms in total. The summed E-state index contributed by atoms with van der Waals surface area (Å²) in [5, 5.41) is 7.11. The predicted octanol–water partition coefficient (Wildman–Crippen LogP) is 1.44. The molecule has 6 heteroatoms. The van der Waals surface area contributed by atoms with Crippen molar-refractivity contribution in [3.63, 3.8) is 0 Å². The van der Waals surface area contributed by atoms with Crippen molar-refractivity contribution in [3.8, 4) is 0 Å². The third-order valence-corrected chi connectivity index (χ3v) is 3.24. The van der Waals surface area contributed by atoms with E-state index in [9.17, 15) is 4.79 Å². The van der Waals surface area contributed by atoms with E-state index in [1.54, 1.807) is 11.0 Å². The van der Waals surface area contributed by atoms with Crippen molar-refractivity contribution in [2.45, 2.75) is 25.8 Å². The number of carbonyl (C=O) groups excluding carboxylic acids is 1. The molecule has 0 aromatic carbocycles. The highest BCUT2D eigenvalue weighted by Gasteiger charge is 2.17. The fraction of sp³-hybridized carbons (Fsp3) is 0.667. The summed E-state index contributed by atoms with van der Waals surface area (Å²) < 4.78 is 4.74. The maximum Gasteiger partial charge on any atom is 0.222 e. The van der Waals surface area contributed by atoms with Crippen LogP contribution in [0, 0.1) is 5.92 Å². The van der Waals surface area contributed by atoms with Crippen LogP contribution in [-0.2, 0) is 11.3 Å². The van der Waals surface area contributed by atoms with Gasteiger partial charge in [-0.25, -0.2) is 0 Å². The first-order valence-corrected chi connectivity index (χ1v) is 6.09. The van der Waals surface area contributed by atoms with Crippen LogP contribution in [0.3, 0.4) is 0 Å². The highest BCUT2D eigenvalue weighted by Crippen LogP contribution is 2.15. The molecule has 1 amide bonds. The van der Waals surface area contributed by atoms with Crippen LogP contribution in [0.5, 0.6) is 0 Å². The molecule has 1 aromatic rings. The Kier molecular flexibility index (Phi) is 6.15. The van der Waals surface area contributed by atoms with Crippen molar-refractivity contribution >= 4 is 18.3 Å². The van der Waals surface area contributed by atoms with Crippen LogP contribution in [0.15, 0.2) is 16.9 Å². The van der Waals surface area contributed by atoms with Crippen molar-refractivity contribution in [2.24, 2.45) is 5.92 Å². The lowest BCUT2D eigenvalue weighted by molar-refractivity contribution is -0.130. The molecular weight excluding hydrogens is 254 g/mol. The quantitative estimate of drug-likeness (QED) is 0.882. The third-order valence-electron chi connectivity index (χ3n) is 3.24. The van der Waals surface area contributed by atoms with Gasteiger partial charge in [0.1, 0.15) is 12.0 Å². The summed E-state index contributed by atoms with van der Waals surface area (Å²) in [6.45, 7) is 2.67. The van der Waals surface area contributed by atoms with E-state index in [4.69, 9.17) is 4.52 Å². The maximum atomic E-state index is 11.9. The molecule has 2 rings (SSSR count). The predicted molar refractivity (Wildman–Crippen MR) is 70.4 cm³/mol. The number of amides is 1. The van der Waals surface area contributed by atoms with Crippen LogP contribution in [-0.4, -0.2) is 36.1 Å². The van der Waals surface area contributed by atoms with Crippen molar-refractivity contribution in [3.05, 3.63) is 18.0 Å². The Morgan fingerprint density at radius 3 is 3.11 bits per heavy atom. The zero-order valence-electron chi connectivity index (χ0n) is 10.6. The van der Waals surface area contributed by atoms with E-state index in [1.807, 2.05) is 7.05 Å². The fourth-order valence-electron chi connectivity index (χ4n) is 2.13. The number of nitrogens with zero attached hydrogens (tertiary/aromatic N) is 2. The van der Waals surface area contributed by atoms with Crippen LogP contribution >= 0.6 is 12.4 Å². The van der Waals surface area contributed by atoms with Gasteiger partial charge in [0.2, 0.25) is 5.91 Å². The summed E-state index contributed by atoms with van der Waals surface area (Å²) in [5.74, 6) is 0.847. The number of carbonyl (C=O) groups is 1. The van der Waals surface area contributed by atoms with E-state index in [-0.39, 0.29) is 18.3 Å². The molecule has 18 heavy (non-hydrogen) atoms. The number of halogens is 1. The zero-order chi connectivity index (χ0) is 12.1. The zero-order valence-corrected chi connectivity index (χ0v) is 11.4. The van der Waals surface area contributed by atoms with Gasteiger partial charge >= 0.3 is 0 Å². The van der Waals surface area contributed by atoms with E-state index in [2.05, 4.69) is 10.5 Å². The van der Waals surface area contributed by atoms with Gasteiger partial charge in [-0.05, 0) is 31.8 Å². The highest BCUT2D eigenvalue weighted by atomic mass is 35.5. The van der Waals surface area contributed by atoms with Gasteiger partial charge in [0.15, 0.2) is 0 Å². The molecule has 102 valence electrons. The summed E-state index contributed by atoms with van der Waals surface area (Å²) in [4.78, 5) is 13.6. The normalized spacial score (nSPS) is 18.4. The monoisotopic (exact) mass is 273 g/mol. The van der Waals surface area contributed by atoms with Crippen LogP contribution in [0.4, 0.5) is 0 Å². The first kappa shape index (κ1) is 15.0. The minimum atomic E-state index is 0. The second-order valence-electron chi connectivity index (χ2n) is 4.64. The Bertz CT molecular complexity index is 350. The van der Waals surface area contributed by atoms with Crippen LogP contribution in [0.2, 0.25) is 0 Å². The molecule has 1 aliphatic heterocycles. The lowest BCUT2D eigenvalue weighted by Crippen LogP contribution is -2.26.